The van der Waals surface area contributed by atoms with Crippen LogP contribution in [0.5, 0.6) is 0 Å². The molecule has 2 aromatic heterocycles. The highest BCUT2D eigenvalue weighted by molar-refractivity contribution is 7.26. The molecular formula is C50H37NS2. The van der Waals surface area contributed by atoms with Gasteiger partial charge < -0.3 is 4.90 Å². The Morgan fingerprint density at radius 2 is 1.08 bits per heavy atom. The van der Waals surface area contributed by atoms with Gasteiger partial charge in [-0.15, -0.1) is 22.7 Å². The predicted molar refractivity (Wildman–Crippen MR) is 233 cm³/mol. The van der Waals surface area contributed by atoms with Crippen molar-refractivity contribution in [2.45, 2.75) is 26.2 Å². The molecule has 7 aromatic carbocycles. The third-order valence-corrected chi connectivity index (χ3v) is 13.5. The number of aryl methyl sites for hydroxylation is 1. The third kappa shape index (κ3) is 5.60. The highest BCUT2D eigenvalue weighted by Crippen LogP contribution is 2.46. The van der Waals surface area contributed by atoms with Crippen molar-refractivity contribution >= 4 is 76.1 Å². The van der Waals surface area contributed by atoms with Crippen molar-refractivity contribution in [2.75, 3.05) is 4.90 Å². The Kier molecular flexibility index (Phi) is 7.86. The number of benzene rings is 7. The topological polar surface area (TPSA) is 3.24 Å². The van der Waals surface area contributed by atoms with E-state index in [-0.39, 0.29) is 0 Å². The second kappa shape index (κ2) is 13.0. The van der Waals surface area contributed by atoms with Crippen LogP contribution >= 0.6 is 22.7 Å². The molecule has 0 bridgehead atoms. The van der Waals surface area contributed by atoms with Crippen molar-refractivity contribution in [1.82, 2.24) is 0 Å². The van der Waals surface area contributed by atoms with Gasteiger partial charge in [-0.25, -0.2) is 0 Å². The van der Waals surface area contributed by atoms with Crippen LogP contribution in [-0.2, 0) is 0 Å². The Morgan fingerprint density at radius 3 is 1.72 bits per heavy atom. The molecule has 1 aliphatic carbocycles. The minimum Gasteiger partial charge on any atom is -0.311 e. The number of hydrogen-bond acceptors (Lipinski definition) is 3. The lowest BCUT2D eigenvalue weighted by Crippen LogP contribution is -2.09. The molecule has 9 aromatic rings. The highest BCUT2D eigenvalue weighted by Gasteiger charge is 2.21. The molecular weight excluding hydrogens is 679 g/mol. The smallest absolute Gasteiger partial charge is 0.0462 e. The van der Waals surface area contributed by atoms with Crippen LogP contribution in [0.15, 0.2) is 164 Å². The maximum absolute atomic E-state index is 2.38. The molecule has 0 saturated heterocycles. The fourth-order valence-electron chi connectivity index (χ4n) is 8.01. The van der Waals surface area contributed by atoms with Gasteiger partial charge >= 0.3 is 0 Å². The van der Waals surface area contributed by atoms with Crippen molar-refractivity contribution in [3.63, 3.8) is 0 Å². The number of nitrogens with zero attached hydrogens (tertiary/aromatic N) is 1. The van der Waals surface area contributed by atoms with Gasteiger partial charge in [0.2, 0.25) is 0 Å². The fourth-order valence-corrected chi connectivity index (χ4v) is 10.7. The first-order valence-electron chi connectivity index (χ1n) is 18.4. The second-order valence-corrected chi connectivity index (χ2v) is 16.3. The zero-order valence-corrected chi connectivity index (χ0v) is 31.3. The molecule has 0 amide bonds. The third-order valence-electron chi connectivity index (χ3n) is 10.8. The molecule has 1 aliphatic rings. The minimum atomic E-state index is 0.568. The van der Waals surface area contributed by atoms with Gasteiger partial charge in [0.25, 0.3) is 0 Å². The SMILES string of the molecule is Cc1ccc2c(c1)sc1c(-c3ccc(N(c4ccc(-c5ccccc5)cc4)c4ccc(-c5cccc6c7c(sc56)C(C)CC=C7)cc4)cc3)cccc12. The predicted octanol–water partition coefficient (Wildman–Crippen LogP) is 15.6. The van der Waals surface area contributed by atoms with Crippen LogP contribution in [0.2, 0.25) is 0 Å². The summed E-state index contributed by atoms with van der Waals surface area (Å²) < 4.78 is 4.08. The summed E-state index contributed by atoms with van der Waals surface area (Å²) in [7, 11) is 0. The van der Waals surface area contributed by atoms with Gasteiger partial charge in [-0.1, -0.05) is 134 Å². The lowest BCUT2D eigenvalue weighted by Gasteiger charge is -2.26. The molecule has 3 heteroatoms. The molecule has 10 rings (SSSR count). The van der Waals surface area contributed by atoms with E-state index in [1.165, 1.54) is 79.6 Å². The van der Waals surface area contributed by atoms with Crippen LogP contribution in [0.25, 0.3) is 69.7 Å². The van der Waals surface area contributed by atoms with E-state index in [0.29, 0.717) is 5.92 Å². The van der Waals surface area contributed by atoms with Crippen LogP contribution in [0.1, 0.15) is 35.3 Å². The van der Waals surface area contributed by atoms with Crippen molar-refractivity contribution < 1.29 is 0 Å². The molecule has 0 fully saturated rings. The van der Waals surface area contributed by atoms with Crippen molar-refractivity contribution in [1.29, 1.82) is 0 Å². The minimum absolute atomic E-state index is 0.568. The molecule has 53 heavy (non-hydrogen) atoms. The van der Waals surface area contributed by atoms with E-state index in [1.54, 1.807) is 0 Å². The molecule has 0 aliphatic heterocycles. The lowest BCUT2D eigenvalue weighted by atomic mass is 9.93. The Labute approximate surface area is 318 Å². The summed E-state index contributed by atoms with van der Waals surface area (Å²) in [5.74, 6) is 0.568. The second-order valence-electron chi connectivity index (χ2n) is 14.2. The van der Waals surface area contributed by atoms with Gasteiger partial charge in [0.05, 0.1) is 0 Å². The Balaban J connectivity index is 1.05. The summed E-state index contributed by atoms with van der Waals surface area (Å²) >= 11 is 3.87. The maximum atomic E-state index is 2.38. The van der Waals surface area contributed by atoms with Gasteiger partial charge in [0.1, 0.15) is 0 Å². The Hall–Kier alpha value is -5.74. The molecule has 2 heterocycles. The summed E-state index contributed by atoms with van der Waals surface area (Å²) in [6, 6.07) is 58.2. The van der Waals surface area contributed by atoms with Gasteiger partial charge in [-0.3, -0.25) is 0 Å². The van der Waals surface area contributed by atoms with Gasteiger partial charge in [-0.2, -0.15) is 0 Å². The summed E-state index contributed by atoms with van der Waals surface area (Å²) in [6.45, 7) is 4.52. The van der Waals surface area contributed by atoms with E-state index in [9.17, 15) is 0 Å². The first-order chi connectivity index (χ1) is 26.1. The van der Waals surface area contributed by atoms with Crippen molar-refractivity contribution in [3.8, 4) is 33.4 Å². The number of anilines is 3. The summed E-state index contributed by atoms with van der Waals surface area (Å²) in [4.78, 5) is 3.89. The van der Waals surface area contributed by atoms with E-state index >= 15 is 0 Å². The standard InChI is InChI=1S/C50H37NS2/c1-32-17-30-43-44-15-7-12-41(49(44)52-47(43)31-32)36-20-26-39(27-21-36)51(38-24-18-35(19-25-38)34-10-4-3-5-11-34)40-28-22-37(23-29-40)42-13-8-16-46-45-14-6-9-33(2)48(45)53-50(42)46/h3-8,10-31,33H,9H2,1-2H3. The lowest BCUT2D eigenvalue weighted by molar-refractivity contribution is 0.791. The molecule has 0 N–H and O–H groups in total. The highest BCUT2D eigenvalue weighted by atomic mass is 32.1. The molecule has 1 unspecified atom stereocenters. The average molecular weight is 716 g/mol. The van der Waals surface area contributed by atoms with Crippen LogP contribution in [0.4, 0.5) is 17.1 Å². The van der Waals surface area contributed by atoms with E-state index in [2.05, 4.69) is 189 Å². The largest absolute Gasteiger partial charge is 0.311 e. The molecule has 1 nitrogen and oxygen atoms in total. The summed E-state index contributed by atoms with van der Waals surface area (Å²) in [5, 5.41) is 4.04. The van der Waals surface area contributed by atoms with Crippen molar-refractivity contribution in [2.24, 2.45) is 0 Å². The summed E-state index contributed by atoms with van der Waals surface area (Å²) in [5.41, 5.74) is 13.6. The van der Waals surface area contributed by atoms with E-state index in [0.717, 1.165) is 23.5 Å². The van der Waals surface area contributed by atoms with E-state index in [1.807, 2.05) is 22.7 Å². The van der Waals surface area contributed by atoms with Crippen molar-refractivity contribution in [3.05, 3.63) is 180 Å². The Bertz CT molecular complexity index is 2800. The molecule has 0 spiro atoms. The number of rotatable bonds is 6. The van der Waals surface area contributed by atoms with Gasteiger partial charge in [0.15, 0.2) is 0 Å². The first-order valence-corrected chi connectivity index (χ1v) is 20.0. The quantitative estimate of drug-likeness (QED) is 0.166. The molecule has 0 radical (unpaired) electrons. The number of thiophene rings is 2. The number of allylic oxidation sites excluding steroid dienone is 1. The number of fused-ring (bicyclic) bond motifs is 6. The first kappa shape index (κ1) is 32.0. The van der Waals surface area contributed by atoms with E-state index < -0.39 is 0 Å². The zero-order chi connectivity index (χ0) is 35.5. The monoisotopic (exact) mass is 715 g/mol. The summed E-state index contributed by atoms with van der Waals surface area (Å²) in [6.07, 6.45) is 5.78. The number of hydrogen-bond donors (Lipinski definition) is 0. The average Bonchev–Trinajstić information content (AvgIpc) is 3.78. The van der Waals surface area contributed by atoms with Crippen LogP contribution in [0, 0.1) is 6.92 Å². The maximum Gasteiger partial charge on any atom is 0.0462 e. The Morgan fingerprint density at radius 1 is 0.509 bits per heavy atom. The molecule has 254 valence electrons. The van der Waals surface area contributed by atoms with Crippen LogP contribution in [-0.4, -0.2) is 0 Å². The normalized spacial score (nSPS) is 13.9. The fraction of sp³-hybridized carbons (Fsp3) is 0.0800. The van der Waals surface area contributed by atoms with E-state index in [4.69, 9.17) is 0 Å². The molecule has 1 atom stereocenters. The van der Waals surface area contributed by atoms with Crippen LogP contribution < -0.4 is 4.90 Å². The van der Waals surface area contributed by atoms with Crippen LogP contribution in [0.3, 0.4) is 0 Å². The van der Waals surface area contributed by atoms with Gasteiger partial charge in [0, 0.05) is 52.2 Å². The van der Waals surface area contributed by atoms with Gasteiger partial charge in [-0.05, 0) is 106 Å². The molecule has 0 saturated carbocycles. The zero-order valence-electron chi connectivity index (χ0n) is 29.7.